The van der Waals surface area contributed by atoms with E-state index >= 15 is 0 Å². The number of carbonyl (C=O) groups is 1. The van der Waals surface area contributed by atoms with E-state index in [0.717, 1.165) is 16.2 Å². The van der Waals surface area contributed by atoms with E-state index in [4.69, 9.17) is 10.8 Å². The minimum absolute atomic E-state index is 0.0228. The van der Waals surface area contributed by atoms with Gasteiger partial charge in [-0.05, 0) is 18.2 Å². The highest BCUT2D eigenvalue weighted by molar-refractivity contribution is 7.99. The third-order valence-electron chi connectivity index (χ3n) is 2.26. The number of aliphatic carboxylic acids is 1. The SMILES string of the molecule is CC(CC(=O)O)Sc1nc2ccc(N)cc2[nH]1. The normalized spacial score (nSPS) is 12.8. The van der Waals surface area contributed by atoms with Crippen molar-refractivity contribution in [1.29, 1.82) is 0 Å². The van der Waals surface area contributed by atoms with Gasteiger partial charge in [-0.3, -0.25) is 4.79 Å². The van der Waals surface area contributed by atoms with E-state index < -0.39 is 5.97 Å². The molecule has 1 heterocycles. The lowest BCUT2D eigenvalue weighted by Gasteiger charge is -2.04. The summed E-state index contributed by atoms with van der Waals surface area (Å²) in [6.07, 6.45) is 0.115. The summed E-state index contributed by atoms with van der Waals surface area (Å²) in [6, 6.07) is 5.44. The Balaban J connectivity index is 2.16. The van der Waals surface area contributed by atoms with Crippen LogP contribution in [0.25, 0.3) is 11.0 Å². The fourth-order valence-electron chi connectivity index (χ4n) is 1.54. The molecule has 0 aliphatic carbocycles. The fraction of sp³-hybridized carbons (Fsp3) is 0.273. The summed E-state index contributed by atoms with van der Waals surface area (Å²) in [5.74, 6) is -0.801. The van der Waals surface area contributed by atoms with E-state index in [9.17, 15) is 4.79 Å². The molecule has 0 fully saturated rings. The van der Waals surface area contributed by atoms with Gasteiger partial charge in [-0.25, -0.2) is 4.98 Å². The van der Waals surface area contributed by atoms with Crippen molar-refractivity contribution in [3.8, 4) is 0 Å². The molecule has 2 rings (SSSR count). The Hall–Kier alpha value is -1.69. The standard InChI is InChI=1S/C11H13N3O2S/c1-6(4-10(15)16)17-11-13-8-3-2-7(12)5-9(8)14-11/h2-3,5-6H,4,12H2,1H3,(H,13,14)(H,15,16). The molecule has 0 saturated carbocycles. The van der Waals surface area contributed by atoms with Gasteiger partial charge in [-0.15, -0.1) is 0 Å². The van der Waals surface area contributed by atoms with Crippen LogP contribution in [-0.4, -0.2) is 26.3 Å². The van der Waals surface area contributed by atoms with Gasteiger partial charge in [0.2, 0.25) is 0 Å². The van der Waals surface area contributed by atoms with E-state index in [1.807, 2.05) is 19.1 Å². The quantitative estimate of drug-likeness (QED) is 0.571. The summed E-state index contributed by atoms with van der Waals surface area (Å²) in [5, 5.41) is 9.38. The maximum absolute atomic E-state index is 10.6. The molecule has 1 aromatic heterocycles. The van der Waals surface area contributed by atoms with Crippen molar-refractivity contribution in [2.75, 3.05) is 5.73 Å². The predicted molar refractivity (Wildman–Crippen MR) is 68.1 cm³/mol. The summed E-state index contributed by atoms with van der Waals surface area (Å²) < 4.78 is 0. The summed E-state index contributed by atoms with van der Waals surface area (Å²) in [5.41, 5.74) is 8.05. The molecule has 0 saturated heterocycles. The second kappa shape index (κ2) is 4.67. The molecule has 5 nitrogen and oxygen atoms in total. The number of hydrogen-bond acceptors (Lipinski definition) is 4. The Bertz CT molecular complexity index is 553. The number of thioether (sulfide) groups is 1. The number of nitrogen functional groups attached to an aromatic ring is 1. The molecule has 1 aromatic carbocycles. The van der Waals surface area contributed by atoms with Gasteiger partial charge >= 0.3 is 5.97 Å². The predicted octanol–water partition coefficient (Wildman–Crippen LogP) is 2.10. The lowest BCUT2D eigenvalue weighted by molar-refractivity contribution is -0.136. The van der Waals surface area contributed by atoms with Crippen LogP contribution in [0.5, 0.6) is 0 Å². The molecule has 0 radical (unpaired) electrons. The zero-order valence-corrected chi connectivity index (χ0v) is 10.1. The number of fused-ring (bicyclic) bond motifs is 1. The Morgan fingerprint density at radius 1 is 1.65 bits per heavy atom. The van der Waals surface area contributed by atoms with Crippen LogP contribution in [-0.2, 0) is 4.79 Å². The van der Waals surface area contributed by atoms with E-state index in [1.165, 1.54) is 11.8 Å². The van der Waals surface area contributed by atoms with Gasteiger partial charge in [0.25, 0.3) is 0 Å². The number of carboxylic acid groups (broad SMARTS) is 1. The molecule has 0 amide bonds. The number of rotatable bonds is 4. The van der Waals surface area contributed by atoms with E-state index in [1.54, 1.807) is 6.07 Å². The maximum atomic E-state index is 10.6. The second-order valence-corrected chi connectivity index (χ2v) is 5.27. The first-order chi connectivity index (χ1) is 8.04. The van der Waals surface area contributed by atoms with E-state index in [0.29, 0.717) is 5.69 Å². The van der Waals surface area contributed by atoms with Gasteiger partial charge in [-0.1, -0.05) is 18.7 Å². The number of anilines is 1. The number of nitrogens with one attached hydrogen (secondary N) is 1. The monoisotopic (exact) mass is 251 g/mol. The molecule has 1 unspecified atom stereocenters. The first kappa shape index (κ1) is 11.8. The molecule has 0 spiro atoms. The summed E-state index contributed by atoms with van der Waals surface area (Å²) in [6.45, 7) is 1.86. The largest absolute Gasteiger partial charge is 0.481 e. The molecule has 90 valence electrons. The third-order valence-corrected chi connectivity index (χ3v) is 3.24. The Morgan fingerprint density at radius 2 is 2.41 bits per heavy atom. The van der Waals surface area contributed by atoms with Gasteiger partial charge < -0.3 is 15.8 Å². The minimum Gasteiger partial charge on any atom is -0.481 e. The highest BCUT2D eigenvalue weighted by Crippen LogP contribution is 2.25. The molecule has 0 aliphatic rings. The molecule has 2 aromatic rings. The average molecular weight is 251 g/mol. The van der Waals surface area contributed by atoms with Gasteiger partial charge in [0.1, 0.15) is 0 Å². The molecule has 17 heavy (non-hydrogen) atoms. The first-order valence-corrected chi connectivity index (χ1v) is 6.06. The van der Waals surface area contributed by atoms with E-state index in [2.05, 4.69) is 9.97 Å². The van der Waals surface area contributed by atoms with Crippen LogP contribution in [0.4, 0.5) is 5.69 Å². The molecule has 0 bridgehead atoms. The topological polar surface area (TPSA) is 92.0 Å². The fourth-order valence-corrected chi connectivity index (χ4v) is 2.46. The molecule has 4 N–H and O–H groups in total. The third kappa shape index (κ3) is 2.91. The van der Waals surface area contributed by atoms with E-state index in [-0.39, 0.29) is 11.7 Å². The summed E-state index contributed by atoms with van der Waals surface area (Å²) in [7, 11) is 0. The van der Waals surface area contributed by atoms with Gasteiger partial charge in [0.05, 0.1) is 17.5 Å². The summed E-state index contributed by atoms with van der Waals surface area (Å²) in [4.78, 5) is 18.0. The van der Waals surface area contributed by atoms with Crippen LogP contribution in [0.1, 0.15) is 13.3 Å². The molecule has 6 heteroatoms. The highest BCUT2D eigenvalue weighted by Gasteiger charge is 2.12. The Kier molecular flexibility index (Phi) is 3.23. The number of imidazole rings is 1. The van der Waals surface area contributed by atoms with Crippen LogP contribution in [0.15, 0.2) is 23.4 Å². The average Bonchev–Trinajstić information content (AvgIpc) is 2.57. The highest BCUT2D eigenvalue weighted by atomic mass is 32.2. The van der Waals surface area contributed by atoms with Crippen LogP contribution in [0, 0.1) is 0 Å². The molecular weight excluding hydrogens is 238 g/mol. The number of aromatic amines is 1. The van der Waals surface area contributed by atoms with Gasteiger partial charge in [0.15, 0.2) is 5.16 Å². The Labute approximate surface area is 102 Å². The number of hydrogen-bond donors (Lipinski definition) is 3. The van der Waals surface area contributed by atoms with Crippen molar-refractivity contribution in [3.63, 3.8) is 0 Å². The number of H-pyrrole nitrogens is 1. The smallest absolute Gasteiger partial charge is 0.304 e. The zero-order chi connectivity index (χ0) is 12.4. The molecule has 1 atom stereocenters. The van der Waals surface area contributed by atoms with Crippen LogP contribution < -0.4 is 5.73 Å². The van der Waals surface area contributed by atoms with Crippen molar-refractivity contribution < 1.29 is 9.90 Å². The van der Waals surface area contributed by atoms with Crippen LogP contribution in [0.3, 0.4) is 0 Å². The number of benzene rings is 1. The number of carboxylic acids is 1. The van der Waals surface area contributed by atoms with Gasteiger partial charge in [0, 0.05) is 10.9 Å². The van der Waals surface area contributed by atoms with Crippen molar-refractivity contribution in [1.82, 2.24) is 9.97 Å². The molecular formula is C11H13N3O2S. The maximum Gasteiger partial charge on any atom is 0.304 e. The van der Waals surface area contributed by atoms with Gasteiger partial charge in [-0.2, -0.15) is 0 Å². The zero-order valence-electron chi connectivity index (χ0n) is 9.30. The second-order valence-electron chi connectivity index (χ2n) is 3.84. The van der Waals surface area contributed by atoms with Crippen LogP contribution in [0.2, 0.25) is 0 Å². The lowest BCUT2D eigenvalue weighted by Crippen LogP contribution is -2.05. The lowest BCUT2D eigenvalue weighted by atomic mass is 10.3. The van der Waals surface area contributed by atoms with Crippen molar-refractivity contribution in [2.45, 2.75) is 23.8 Å². The number of aromatic nitrogens is 2. The van der Waals surface area contributed by atoms with Crippen LogP contribution >= 0.6 is 11.8 Å². The first-order valence-electron chi connectivity index (χ1n) is 5.18. The number of nitrogens with zero attached hydrogens (tertiary/aromatic N) is 1. The Morgan fingerprint density at radius 3 is 3.12 bits per heavy atom. The number of nitrogens with two attached hydrogens (primary N) is 1. The van der Waals surface area contributed by atoms with Crippen molar-refractivity contribution in [3.05, 3.63) is 18.2 Å². The van der Waals surface area contributed by atoms with Crippen molar-refractivity contribution >= 4 is 34.5 Å². The minimum atomic E-state index is -0.801. The van der Waals surface area contributed by atoms with Crippen molar-refractivity contribution in [2.24, 2.45) is 0 Å². The molecule has 0 aliphatic heterocycles. The summed E-state index contributed by atoms with van der Waals surface area (Å²) >= 11 is 1.42.